The van der Waals surface area contributed by atoms with Gasteiger partial charge in [0.25, 0.3) is 0 Å². The van der Waals surface area contributed by atoms with Crippen LogP contribution in [-0.4, -0.2) is 26.1 Å². The summed E-state index contributed by atoms with van der Waals surface area (Å²) < 4.78 is 31.5. The van der Waals surface area contributed by atoms with Crippen LogP contribution in [0.2, 0.25) is 0 Å². The minimum Gasteiger partial charge on any atom is -0.507 e. The predicted molar refractivity (Wildman–Crippen MR) is 115 cm³/mol. The highest BCUT2D eigenvalue weighted by Gasteiger charge is 2.19. The van der Waals surface area contributed by atoms with E-state index < -0.39 is 15.8 Å². The van der Waals surface area contributed by atoms with E-state index in [0.717, 1.165) is 15.6 Å². The second-order valence-corrected chi connectivity index (χ2v) is 9.27. The van der Waals surface area contributed by atoms with Crippen LogP contribution in [0, 0.1) is 0 Å². The Kier molecular flexibility index (Phi) is 6.39. The topological polar surface area (TPSA) is 80.7 Å². The summed E-state index contributed by atoms with van der Waals surface area (Å²) in [6.07, 6.45) is 0. The van der Waals surface area contributed by atoms with Crippen molar-refractivity contribution in [1.82, 2.24) is 0 Å². The first-order chi connectivity index (χ1) is 13.8. The summed E-state index contributed by atoms with van der Waals surface area (Å²) in [5, 5.41) is 9.85. The van der Waals surface area contributed by atoms with Crippen molar-refractivity contribution in [2.45, 2.75) is 17.6 Å². The number of hydrogen-bond donors (Lipinski definition) is 1. The first-order valence-electron chi connectivity index (χ1n) is 8.88. The molecule has 3 aromatic rings. The molecule has 1 N–H and O–H groups in total. The van der Waals surface area contributed by atoms with E-state index in [4.69, 9.17) is 4.74 Å². The van der Waals surface area contributed by atoms with E-state index in [9.17, 15) is 18.3 Å². The zero-order valence-electron chi connectivity index (χ0n) is 15.6. The molecule has 0 aliphatic heterocycles. The molecule has 0 fully saturated rings. The van der Waals surface area contributed by atoms with Gasteiger partial charge in [0, 0.05) is 4.47 Å². The smallest absolute Gasteiger partial charge is 0.341 e. The van der Waals surface area contributed by atoms with Gasteiger partial charge < -0.3 is 9.84 Å². The molecule has 3 rings (SSSR count). The Balaban J connectivity index is 1.83. The average molecular weight is 475 g/mol. The zero-order valence-corrected chi connectivity index (χ0v) is 18.0. The summed E-state index contributed by atoms with van der Waals surface area (Å²) >= 11 is 3.39. The van der Waals surface area contributed by atoms with Crippen LogP contribution >= 0.6 is 15.9 Å². The van der Waals surface area contributed by atoms with E-state index in [2.05, 4.69) is 15.9 Å². The minimum absolute atomic E-state index is 0.0508. The lowest BCUT2D eigenvalue weighted by Crippen LogP contribution is -2.08. The highest BCUT2D eigenvalue weighted by Crippen LogP contribution is 2.26. The zero-order chi connectivity index (χ0) is 21.0. The van der Waals surface area contributed by atoms with Gasteiger partial charge in [-0.25, -0.2) is 13.2 Å². The molecule has 0 unspecified atom stereocenters. The fourth-order valence-corrected chi connectivity index (χ4v) is 4.45. The Morgan fingerprint density at radius 2 is 1.55 bits per heavy atom. The number of aromatic hydroxyl groups is 1. The molecule has 0 radical (unpaired) electrons. The maximum absolute atomic E-state index is 12.8. The van der Waals surface area contributed by atoms with Crippen molar-refractivity contribution in [2.24, 2.45) is 0 Å². The number of hydrogen-bond acceptors (Lipinski definition) is 5. The van der Waals surface area contributed by atoms with Crippen molar-refractivity contribution >= 4 is 31.7 Å². The molecule has 0 aliphatic carbocycles. The number of sulfone groups is 1. The summed E-state index contributed by atoms with van der Waals surface area (Å²) in [4.78, 5) is 12.1. The first kappa shape index (κ1) is 21.1. The fraction of sp³-hybridized carbons (Fsp3) is 0.136. The molecule has 3 aromatic carbocycles. The Bertz CT molecular complexity index is 1120. The predicted octanol–water partition coefficient (Wildman–Crippen LogP) is 4.97. The van der Waals surface area contributed by atoms with Crippen LogP contribution in [0.15, 0.2) is 76.1 Å². The van der Waals surface area contributed by atoms with E-state index in [1.807, 2.05) is 24.3 Å². The van der Waals surface area contributed by atoms with E-state index >= 15 is 0 Å². The van der Waals surface area contributed by atoms with Gasteiger partial charge in [0.1, 0.15) is 11.3 Å². The maximum Gasteiger partial charge on any atom is 0.341 e. The second-order valence-electron chi connectivity index (χ2n) is 6.36. The highest BCUT2D eigenvalue weighted by molar-refractivity contribution is 9.10. The third-order valence-corrected chi connectivity index (χ3v) is 6.54. The molecule has 150 valence electrons. The van der Waals surface area contributed by atoms with Gasteiger partial charge in [-0.2, -0.15) is 0 Å². The summed E-state index contributed by atoms with van der Waals surface area (Å²) in [6, 6.07) is 18.5. The summed E-state index contributed by atoms with van der Waals surface area (Å²) in [5.41, 5.74) is 2.23. The summed E-state index contributed by atoms with van der Waals surface area (Å²) in [7, 11) is -3.63. The molecule has 0 aromatic heterocycles. The Hall–Kier alpha value is -2.64. The average Bonchev–Trinajstić information content (AvgIpc) is 2.70. The van der Waals surface area contributed by atoms with Crippen molar-refractivity contribution < 1.29 is 23.1 Å². The van der Waals surface area contributed by atoms with Crippen LogP contribution < -0.4 is 0 Å². The quantitative estimate of drug-likeness (QED) is 0.509. The van der Waals surface area contributed by atoms with Crippen LogP contribution in [-0.2, 0) is 20.3 Å². The van der Waals surface area contributed by atoms with Crippen LogP contribution in [0.3, 0.4) is 0 Å². The Morgan fingerprint density at radius 1 is 0.966 bits per heavy atom. The third-order valence-electron chi connectivity index (χ3n) is 4.30. The third kappa shape index (κ3) is 5.05. The van der Waals surface area contributed by atoms with Gasteiger partial charge in [-0.1, -0.05) is 46.3 Å². The van der Waals surface area contributed by atoms with Crippen LogP contribution in [0.4, 0.5) is 0 Å². The van der Waals surface area contributed by atoms with Gasteiger partial charge in [-0.15, -0.1) is 0 Å². The molecule has 0 bridgehead atoms. The van der Waals surface area contributed by atoms with Gasteiger partial charge in [0.2, 0.25) is 0 Å². The number of carbonyl (C=O) groups excluding carboxylic acids is 1. The number of phenols is 1. The first-order valence-corrected chi connectivity index (χ1v) is 11.3. The minimum atomic E-state index is -3.63. The lowest BCUT2D eigenvalue weighted by Gasteiger charge is -2.09. The Morgan fingerprint density at radius 3 is 2.14 bits per heavy atom. The van der Waals surface area contributed by atoms with Crippen LogP contribution in [0.1, 0.15) is 22.8 Å². The lowest BCUT2D eigenvalue weighted by atomic mass is 10.1. The van der Waals surface area contributed by atoms with Crippen molar-refractivity contribution in [3.63, 3.8) is 0 Å². The number of carbonyl (C=O) groups is 1. The summed E-state index contributed by atoms with van der Waals surface area (Å²) in [6.45, 7) is 1.81. The van der Waals surface area contributed by atoms with Crippen molar-refractivity contribution in [2.75, 3.05) is 6.61 Å². The molecule has 0 saturated carbocycles. The monoisotopic (exact) mass is 474 g/mol. The fourth-order valence-electron chi connectivity index (χ4n) is 2.85. The molecule has 0 saturated heterocycles. The highest BCUT2D eigenvalue weighted by atomic mass is 79.9. The molecular formula is C22H19BrO5S. The van der Waals surface area contributed by atoms with Crippen molar-refractivity contribution in [1.29, 1.82) is 0 Å². The molecule has 0 heterocycles. The number of benzene rings is 3. The van der Waals surface area contributed by atoms with Gasteiger partial charge in [-0.05, 0) is 60.0 Å². The van der Waals surface area contributed by atoms with E-state index in [-0.39, 0.29) is 28.6 Å². The molecule has 29 heavy (non-hydrogen) atoms. The number of ether oxygens (including phenoxy) is 1. The second kappa shape index (κ2) is 8.80. The van der Waals surface area contributed by atoms with Crippen molar-refractivity contribution in [3.05, 3.63) is 82.3 Å². The van der Waals surface area contributed by atoms with Gasteiger partial charge in [0.05, 0.1) is 17.3 Å². The standard InChI is InChI=1S/C22H19BrO5S/c1-2-28-22(25)20-13-15(3-12-21(20)24)14-29(26,27)19-10-6-17(7-11-19)16-4-8-18(23)9-5-16/h3-13,24H,2,14H2,1H3. The van der Waals surface area contributed by atoms with Gasteiger partial charge >= 0.3 is 5.97 Å². The van der Waals surface area contributed by atoms with E-state index in [1.54, 1.807) is 31.2 Å². The van der Waals surface area contributed by atoms with Crippen LogP contribution in [0.5, 0.6) is 5.75 Å². The molecule has 5 nitrogen and oxygen atoms in total. The van der Waals surface area contributed by atoms with Gasteiger partial charge in [0.15, 0.2) is 9.84 Å². The molecule has 0 atom stereocenters. The maximum atomic E-state index is 12.8. The Labute approximate surface area is 178 Å². The van der Waals surface area contributed by atoms with Crippen LogP contribution in [0.25, 0.3) is 11.1 Å². The van der Waals surface area contributed by atoms with E-state index in [0.29, 0.717) is 5.56 Å². The number of esters is 1. The molecule has 7 heteroatoms. The largest absolute Gasteiger partial charge is 0.507 e. The molecule has 0 spiro atoms. The summed E-state index contributed by atoms with van der Waals surface area (Å²) in [5.74, 6) is -1.23. The lowest BCUT2D eigenvalue weighted by molar-refractivity contribution is 0.0523. The number of phenolic OH excluding ortho intramolecular Hbond substituents is 1. The number of halogens is 1. The molecular weight excluding hydrogens is 456 g/mol. The number of rotatable bonds is 6. The van der Waals surface area contributed by atoms with E-state index in [1.165, 1.54) is 18.2 Å². The normalized spacial score (nSPS) is 11.2. The van der Waals surface area contributed by atoms with Crippen molar-refractivity contribution in [3.8, 4) is 16.9 Å². The molecule has 0 aliphatic rings. The molecule has 0 amide bonds. The SMILES string of the molecule is CCOC(=O)c1cc(CS(=O)(=O)c2ccc(-c3ccc(Br)cc3)cc2)ccc1O. The van der Waals surface area contributed by atoms with Gasteiger partial charge in [-0.3, -0.25) is 0 Å².